The van der Waals surface area contributed by atoms with E-state index in [1.807, 2.05) is 12.1 Å². The molecule has 2 aromatic carbocycles. The molecule has 0 amide bonds. The predicted molar refractivity (Wildman–Crippen MR) is 79.7 cm³/mol. The van der Waals surface area contributed by atoms with Gasteiger partial charge in [0.15, 0.2) is 5.78 Å². The zero-order valence-corrected chi connectivity index (χ0v) is 12.1. The number of halogens is 1. The van der Waals surface area contributed by atoms with Crippen LogP contribution in [0.4, 0.5) is 4.39 Å². The Hall–Kier alpha value is -1.96. The fraction of sp³-hybridized carbons (Fsp3) is 0.278. The van der Waals surface area contributed by atoms with Gasteiger partial charge < -0.3 is 0 Å². The number of hydrogen-bond acceptors (Lipinski definition) is 1. The van der Waals surface area contributed by atoms with Crippen molar-refractivity contribution in [3.8, 4) is 0 Å². The van der Waals surface area contributed by atoms with Gasteiger partial charge in [0.1, 0.15) is 5.82 Å². The van der Waals surface area contributed by atoms with Crippen molar-refractivity contribution in [2.45, 2.75) is 33.1 Å². The van der Waals surface area contributed by atoms with Crippen LogP contribution in [0, 0.1) is 12.7 Å². The van der Waals surface area contributed by atoms with E-state index in [1.165, 1.54) is 11.6 Å². The zero-order chi connectivity index (χ0) is 14.7. The minimum atomic E-state index is -0.427. The molecule has 1 atom stereocenters. The van der Waals surface area contributed by atoms with Gasteiger partial charge >= 0.3 is 0 Å². The SMILES string of the molecule is CCC(C)c1ccc(C(=O)c2cccc(C)c2F)cc1. The van der Waals surface area contributed by atoms with Gasteiger partial charge in [-0.2, -0.15) is 0 Å². The maximum absolute atomic E-state index is 14.0. The van der Waals surface area contributed by atoms with Crippen molar-refractivity contribution < 1.29 is 9.18 Å². The van der Waals surface area contributed by atoms with Crippen LogP contribution in [0.5, 0.6) is 0 Å². The van der Waals surface area contributed by atoms with Crippen LogP contribution in [-0.2, 0) is 0 Å². The number of carbonyl (C=O) groups excluding carboxylic acids is 1. The van der Waals surface area contributed by atoms with Crippen LogP contribution in [0.2, 0.25) is 0 Å². The quantitative estimate of drug-likeness (QED) is 0.724. The lowest BCUT2D eigenvalue weighted by atomic mass is 9.95. The summed E-state index contributed by atoms with van der Waals surface area (Å²) in [4.78, 5) is 12.3. The van der Waals surface area contributed by atoms with Gasteiger partial charge in [0.05, 0.1) is 5.56 Å². The second-order valence-electron chi connectivity index (χ2n) is 5.20. The molecular weight excluding hydrogens is 251 g/mol. The normalized spacial score (nSPS) is 12.2. The summed E-state index contributed by atoms with van der Waals surface area (Å²) in [6.07, 6.45) is 1.06. The molecule has 1 nitrogen and oxygen atoms in total. The predicted octanol–water partition coefficient (Wildman–Crippen LogP) is 4.88. The molecule has 2 heteroatoms. The highest BCUT2D eigenvalue weighted by molar-refractivity contribution is 6.09. The molecule has 2 aromatic rings. The second-order valence-corrected chi connectivity index (χ2v) is 5.20. The lowest BCUT2D eigenvalue weighted by Crippen LogP contribution is -2.05. The van der Waals surface area contributed by atoms with Gasteiger partial charge in [-0.1, -0.05) is 50.2 Å². The fourth-order valence-corrected chi connectivity index (χ4v) is 2.18. The first kappa shape index (κ1) is 14.4. The molecule has 0 aliphatic rings. The molecule has 0 radical (unpaired) electrons. The number of ketones is 1. The highest BCUT2D eigenvalue weighted by Crippen LogP contribution is 2.21. The van der Waals surface area contributed by atoms with E-state index in [2.05, 4.69) is 13.8 Å². The zero-order valence-electron chi connectivity index (χ0n) is 12.1. The summed E-state index contributed by atoms with van der Waals surface area (Å²) in [5.74, 6) is -0.222. The van der Waals surface area contributed by atoms with Crippen molar-refractivity contribution in [3.05, 3.63) is 70.5 Å². The third kappa shape index (κ3) is 2.79. The van der Waals surface area contributed by atoms with Crippen molar-refractivity contribution in [3.63, 3.8) is 0 Å². The Morgan fingerprint density at radius 3 is 2.40 bits per heavy atom. The highest BCUT2D eigenvalue weighted by atomic mass is 19.1. The standard InChI is InChI=1S/C18H19FO/c1-4-12(2)14-8-10-15(11-9-14)18(20)16-7-5-6-13(3)17(16)19/h5-12H,4H2,1-3H3. The maximum atomic E-state index is 14.0. The van der Waals surface area contributed by atoms with Crippen LogP contribution in [0.1, 0.15) is 53.2 Å². The summed E-state index contributed by atoms with van der Waals surface area (Å²) < 4.78 is 14.0. The van der Waals surface area contributed by atoms with E-state index >= 15 is 0 Å². The molecule has 0 fully saturated rings. The van der Waals surface area contributed by atoms with Crippen LogP contribution in [0.25, 0.3) is 0 Å². The van der Waals surface area contributed by atoms with Gasteiger partial charge in [-0.3, -0.25) is 4.79 Å². The second kappa shape index (κ2) is 6.00. The average Bonchev–Trinajstić information content (AvgIpc) is 2.48. The van der Waals surface area contributed by atoms with Crippen LogP contribution in [-0.4, -0.2) is 5.78 Å². The molecule has 20 heavy (non-hydrogen) atoms. The molecule has 1 unspecified atom stereocenters. The van der Waals surface area contributed by atoms with E-state index in [0.29, 0.717) is 17.0 Å². The molecule has 0 spiro atoms. The lowest BCUT2D eigenvalue weighted by Gasteiger charge is -2.10. The van der Waals surface area contributed by atoms with E-state index in [0.717, 1.165) is 6.42 Å². The molecule has 0 aromatic heterocycles. The summed E-state index contributed by atoms with van der Waals surface area (Å²) in [6.45, 7) is 5.95. The molecule has 0 heterocycles. The van der Waals surface area contributed by atoms with Gasteiger partial charge in [0.2, 0.25) is 0 Å². The van der Waals surface area contributed by atoms with Crippen molar-refractivity contribution in [2.75, 3.05) is 0 Å². The van der Waals surface area contributed by atoms with Gasteiger partial charge in [-0.25, -0.2) is 4.39 Å². The topological polar surface area (TPSA) is 17.1 Å². The van der Waals surface area contributed by atoms with Crippen LogP contribution >= 0.6 is 0 Å². The van der Waals surface area contributed by atoms with E-state index in [4.69, 9.17) is 0 Å². The van der Waals surface area contributed by atoms with Gasteiger partial charge in [-0.15, -0.1) is 0 Å². The maximum Gasteiger partial charge on any atom is 0.195 e. The number of benzene rings is 2. The number of rotatable bonds is 4. The average molecular weight is 270 g/mol. The molecule has 0 N–H and O–H groups in total. The lowest BCUT2D eigenvalue weighted by molar-refractivity contribution is 0.103. The number of hydrogen-bond donors (Lipinski definition) is 0. The Kier molecular flexibility index (Phi) is 4.33. The Balaban J connectivity index is 2.32. The van der Waals surface area contributed by atoms with Gasteiger partial charge in [-0.05, 0) is 36.5 Å². The first-order chi connectivity index (χ1) is 9.54. The van der Waals surface area contributed by atoms with E-state index in [-0.39, 0.29) is 11.3 Å². The molecule has 0 aliphatic carbocycles. The van der Waals surface area contributed by atoms with Crippen LogP contribution < -0.4 is 0 Å². The minimum absolute atomic E-state index is 0.140. The molecule has 2 rings (SSSR count). The van der Waals surface area contributed by atoms with Gasteiger partial charge in [0, 0.05) is 5.56 Å². The first-order valence-electron chi connectivity index (χ1n) is 6.94. The molecule has 0 bridgehead atoms. The minimum Gasteiger partial charge on any atom is -0.288 e. The summed E-state index contributed by atoms with van der Waals surface area (Å²) in [7, 11) is 0. The van der Waals surface area contributed by atoms with Crippen LogP contribution in [0.3, 0.4) is 0 Å². The van der Waals surface area contributed by atoms with Crippen molar-refractivity contribution >= 4 is 5.78 Å². The van der Waals surface area contributed by atoms with Crippen molar-refractivity contribution in [1.29, 1.82) is 0 Å². The molecule has 0 saturated carbocycles. The largest absolute Gasteiger partial charge is 0.288 e. The van der Waals surface area contributed by atoms with E-state index < -0.39 is 5.82 Å². The molecule has 104 valence electrons. The summed E-state index contributed by atoms with van der Waals surface area (Å²) >= 11 is 0. The number of carbonyl (C=O) groups is 1. The third-order valence-electron chi connectivity index (χ3n) is 3.79. The summed E-state index contributed by atoms with van der Waals surface area (Å²) in [5.41, 5.74) is 2.36. The summed E-state index contributed by atoms with van der Waals surface area (Å²) in [6, 6.07) is 12.4. The van der Waals surface area contributed by atoms with Crippen LogP contribution in [0.15, 0.2) is 42.5 Å². The van der Waals surface area contributed by atoms with Crippen molar-refractivity contribution in [2.24, 2.45) is 0 Å². The Morgan fingerprint density at radius 2 is 1.80 bits per heavy atom. The summed E-state index contributed by atoms with van der Waals surface area (Å²) in [5, 5.41) is 0. The van der Waals surface area contributed by atoms with Gasteiger partial charge in [0.25, 0.3) is 0 Å². The molecule has 0 aliphatic heterocycles. The monoisotopic (exact) mass is 270 g/mol. The third-order valence-corrected chi connectivity index (χ3v) is 3.79. The molecule has 0 saturated heterocycles. The fourth-order valence-electron chi connectivity index (χ4n) is 2.18. The Labute approximate surface area is 119 Å². The van der Waals surface area contributed by atoms with Crippen molar-refractivity contribution in [1.82, 2.24) is 0 Å². The Morgan fingerprint density at radius 1 is 1.15 bits per heavy atom. The Bertz CT molecular complexity index is 614. The first-order valence-corrected chi connectivity index (χ1v) is 6.94. The van der Waals surface area contributed by atoms with E-state index in [1.54, 1.807) is 31.2 Å². The smallest absolute Gasteiger partial charge is 0.195 e. The number of aryl methyl sites for hydroxylation is 1. The van der Waals surface area contributed by atoms with E-state index in [9.17, 15) is 9.18 Å². The highest BCUT2D eigenvalue weighted by Gasteiger charge is 2.15. The molecular formula is C18H19FO.